The van der Waals surface area contributed by atoms with Gasteiger partial charge in [-0.1, -0.05) is 0 Å². The Labute approximate surface area is 109 Å². The van der Waals surface area contributed by atoms with Crippen LogP contribution in [0.5, 0.6) is 0 Å². The van der Waals surface area contributed by atoms with E-state index in [2.05, 4.69) is 50.3 Å². The summed E-state index contributed by atoms with van der Waals surface area (Å²) in [6.07, 6.45) is 8.12. The molecular formula is C13H19NSiTi. The number of hydrogen-bond donors (Lipinski definition) is 1. The van der Waals surface area contributed by atoms with Crippen LogP contribution in [-0.4, -0.2) is 13.8 Å². The van der Waals surface area contributed by atoms with Crippen molar-refractivity contribution in [3.63, 3.8) is 0 Å². The average Bonchev–Trinajstić information content (AvgIpc) is 2.80. The summed E-state index contributed by atoms with van der Waals surface area (Å²) in [5, 5.41) is 1.73. The molecule has 0 atom stereocenters. The van der Waals surface area contributed by atoms with E-state index in [4.69, 9.17) is 0 Å². The van der Waals surface area contributed by atoms with Crippen molar-refractivity contribution < 1.29 is 19.2 Å². The third kappa shape index (κ3) is 2.34. The van der Waals surface area contributed by atoms with Crippen LogP contribution in [0.4, 0.5) is 0 Å². The first-order valence-electron chi connectivity index (χ1n) is 5.90. The van der Waals surface area contributed by atoms with Crippen molar-refractivity contribution >= 4 is 12.8 Å². The molecule has 1 heterocycles. The van der Waals surface area contributed by atoms with E-state index in [1.807, 2.05) is 0 Å². The van der Waals surface area contributed by atoms with E-state index >= 15 is 0 Å². The van der Waals surface area contributed by atoms with Gasteiger partial charge in [-0.3, -0.25) is 0 Å². The van der Waals surface area contributed by atoms with Gasteiger partial charge in [-0.25, -0.2) is 0 Å². The zero-order valence-electron chi connectivity index (χ0n) is 10.5. The Balaban J connectivity index is 2.23. The van der Waals surface area contributed by atoms with Gasteiger partial charge in [0.25, 0.3) is 0 Å². The fourth-order valence-electron chi connectivity index (χ4n) is 2.06. The van der Waals surface area contributed by atoms with Gasteiger partial charge < -0.3 is 0 Å². The molecule has 0 bridgehead atoms. The zero-order chi connectivity index (χ0) is 11.7. The molecule has 0 unspecified atom stereocenters. The quantitative estimate of drug-likeness (QED) is 0.808. The minimum atomic E-state index is -0.621. The van der Waals surface area contributed by atoms with E-state index in [1.54, 1.807) is 9.07 Å². The van der Waals surface area contributed by atoms with E-state index in [-0.39, 0.29) is 19.2 Å². The number of hydrogen-bond acceptors (Lipinski definition) is 0. The second-order valence-corrected chi connectivity index (χ2v) is 9.84. The Hall–Kier alpha value is -0.309. The van der Waals surface area contributed by atoms with Gasteiger partial charge in [-0.15, -0.1) is 0 Å². The van der Waals surface area contributed by atoms with Crippen molar-refractivity contribution in [2.45, 2.75) is 33.4 Å². The summed E-state index contributed by atoms with van der Waals surface area (Å²) in [5.74, 6) is 0. The van der Waals surface area contributed by atoms with Gasteiger partial charge in [0.1, 0.15) is 0 Å². The molecule has 0 saturated carbocycles. The summed E-state index contributed by atoms with van der Waals surface area (Å²) in [6.45, 7) is 9.31. The molecule has 0 spiro atoms. The van der Waals surface area contributed by atoms with Crippen molar-refractivity contribution in [1.29, 1.82) is 0 Å². The summed E-state index contributed by atoms with van der Waals surface area (Å²) in [6, 6.07) is 0. The van der Waals surface area contributed by atoms with Crippen LogP contribution in [-0.2, 0) is 19.2 Å². The Morgan fingerprint density at radius 3 is 2.62 bits per heavy atom. The number of aryl methyl sites for hydroxylation is 1. The van der Waals surface area contributed by atoms with E-state index in [1.165, 1.54) is 21.5 Å². The molecule has 0 saturated heterocycles. The van der Waals surface area contributed by atoms with Gasteiger partial charge in [0, 0.05) is 0 Å². The standard InChI is InChI=1S/C7H11Si.C6H8N.Ti/c1-8(2)7-5-3-4-6-7;1-5-3-7-4-6(5)2;/h3,5,8H,4H2,1-2H3;3,7H,1-2H3;. The van der Waals surface area contributed by atoms with Gasteiger partial charge in [0.15, 0.2) is 0 Å². The monoisotopic (exact) mass is 265 g/mol. The van der Waals surface area contributed by atoms with Crippen LogP contribution in [0.1, 0.15) is 17.5 Å². The van der Waals surface area contributed by atoms with Crippen LogP contribution in [0, 0.1) is 13.8 Å². The van der Waals surface area contributed by atoms with Crippen molar-refractivity contribution in [3.8, 4) is 0 Å². The zero-order valence-corrected chi connectivity index (χ0v) is 13.2. The number of allylic oxidation sites excluding steroid dienone is 4. The van der Waals surface area contributed by atoms with Crippen molar-refractivity contribution in [1.82, 2.24) is 4.98 Å². The average molecular weight is 265 g/mol. The molecule has 1 aliphatic rings. The minimum absolute atomic E-state index is 0.101. The summed E-state index contributed by atoms with van der Waals surface area (Å²) in [7, 11) is -0.621. The Morgan fingerprint density at radius 2 is 2.06 bits per heavy atom. The van der Waals surface area contributed by atoms with E-state index in [0.29, 0.717) is 0 Å². The van der Waals surface area contributed by atoms with Crippen LogP contribution in [0.2, 0.25) is 13.1 Å². The van der Waals surface area contributed by atoms with E-state index < -0.39 is 8.80 Å². The van der Waals surface area contributed by atoms with Crippen LogP contribution in [0.25, 0.3) is 0 Å². The maximum atomic E-state index is 3.47. The van der Waals surface area contributed by atoms with Gasteiger partial charge >= 0.3 is 109 Å². The molecule has 1 N–H and O–H groups in total. The molecule has 0 radical (unpaired) electrons. The Bertz CT molecular complexity index is 454. The molecule has 1 aromatic rings. The molecule has 0 fully saturated rings. The topological polar surface area (TPSA) is 15.8 Å². The fourth-order valence-corrected chi connectivity index (χ4v) is 7.04. The molecule has 3 heteroatoms. The number of nitrogens with one attached hydrogen (secondary N) is 1. The normalized spacial score (nSPS) is 15.3. The predicted molar refractivity (Wildman–Crippen MR) is 69.6 cm³/mol. The number of H-pyrrole nitrogens is 1. The third-order valence-electron chi connectivity index (χ3n) is 3.27. The van der Waals surface area contributed by atoms with E-state index in [9.17, 15) is 0 Å². The molecule has 84 valence electrons. The summed E-state index contributed by atoms with van der Waals surface area (Å²) >= 11 is -0.101. The first-order valence-corrected chi connectivity index (χ1v) is 10.4. The third-order valence-corrected chi connectivity index (χ3v) is 7.94. The fraction of sp³-hybridized carbons (Fsp3) is 0.385. The summed E-state index contributed by atoms with van der Waals surface area (Å²) < 4.78 is 3.30. The van der Waals surface area contributed by atoms with Gasteiger partial charge in [-0.05, 0) is 0 Å². The second-order valence-electron chi connectivity index (χ2n) is 4.79. The molecule has 2 rings (SSSR count). The first kappa shape index (κ1) is 12.2. The van der Waals surface area contributed by atoms with E-state index in [0.717, 1.165) is 0 Å². The van der Waals surface area contributed by atoms with Crippen LogP contribution in [0.15, 0.2) is 27.4 Å². The number of aromatic nitrogens is 1. The second kappa shape index (κ2) is 4.91. The summed E-state index contributed by atoms with van der Waals surface area (Å²) in [5.41, 5.74) is 2.90. The van der Waals surface area contributed by atoms with Gasteiger partial charge in [0.05, 0.1) is 0 Å². The number of aromatic amines is 1. The molecule has 0 aliphatic heterocycles. The van der Waals surface area contributed by atoms with Crippen molar-refractivity contribution in [2.24, 2.45) is 0 Å². The van der Waals surface area contributed by atoms with Crippen LogP contribution < -0.4 is 4.00 Å². The molecule has 1 nitrogen and oxygen atoms in total. The van der Waals surface area contributed by atoms with Crippen molar-refractivity contribution in [3.05, 3.63) is 38.5 Å². The van der Waals surface area contributed by atoms with Crippen LogP contribution >= 0.6 is 0 Å². The van der Waals surface area contributed by atoms with Crippen LogP contribution in [0.3, 0.4) is 0 Å². The molecule has 1 aromatic heterocycles. The molecular weight excluding hydrogens is 246 g/mol. The van der Waals surface area contributed by atoms with Crippen molar-refractivity contribution in [2.75, 3.05) is 0 Å². The molecule has 0 aromatic carbocycles. The summed E-state index contributed by atoms with van der Waals surface area (Å²) in [4.78, 5) is 3.47. The SMILES string of the molecule is Cc1c[nH][c]([Ti][C]2=C([SiH](C)C)C=CC2)c1C. The van der Waals surface area contributed by atoms with Gasteiger partial charge in [0.2, 0.25) is 0 Å². The first-order chi connectivity index (χ1) is 7.59. The number of rotatable bonds is 3. The predicted octanol–water partition coefficient (Wildman–Crippen LogP) is 2.58. The molecule has 16 heavy (non-hydrogen) atoms. The maximum absolute atomic E-state index is 3.47. The molecule has 1 aliphatic carbocycles. The Morgan fingerprint density at radius 1 is 1.31 bits per heavy atom. The van der Waals surface area contributed by atoms with Gasteiger partial charge in [-0.2, -0.15) is 0 Å². The molecule has 0 amide bonds. The Kier molecular flexibility index (Phi) is 3.73.